The summed E-state index contributed by atoms with van der Waals surface area (Å²) in [6.45, 7) is 2.29. The van der Waals surface area contributed by atoms with Crippen molar-refractivity contribution in [1.82, 2.24) is 10.6 Å². The molecule has 18 heavy (non-hydrogen) atoms. The number of nitrogens with one attached hydrogen (secondary N) is 2. The molecule has 0 radical (unpaired) electrons. The van der Waals surface area contributed by atoms with E-state index >= 15 is 0 Å². The van der Waals surface area contributed by atoms with Crippen LogP contribution in [0.5, 0.6) is 0 Å². The van der Waals surface area contributed by atoms with Gasteiger partial charge in [-0.2, -0.15) is 0 Å². The number of imide groups is 1. The molecule has 2 aliphatic rings. The molecule has 0 spiro atoms. The normalized spacial score (nSPS) is 36.3. The molecule has 2 aliphatic heterocycles. The summed E-state index contributed by atoms with van der Waals surface area (Å²) in [5, 5.41) is 4.83. The molecule has 4 N–H and O–H groups in total. The van der Waals surface area contributed by atoms with E-state index in [0.29, 0.717) is 13.0 Å². The molecule has 0 aromatic carbocycles. The summed E-state index contributed by atoms with van der Waals surface area (Å²) in [5.74, 6) is -1.07. The summed E-state index contributed by atoms with van der Waals surface area (Å²) in [6.07, 6.45) is 0.554. The number of ether oxygens (including phenoxy) is 1. The first-order valence-electron chi connectivity index (χ1n) is 5.91. The standard InChI is InChI=1S/C11H17N3O4/c1-11(5-18-4-7(11)12)10(17)13-6-2-3-8(15)14-9(6)16/h6-7H,2-5,12H2,1H3,(H,13,17)(H,14,15,16). The first-order chi connectivity index (χ1) is 8.43. The molecule has 0 bridgehead atoms. The van der Waals surface area contributed by atoms with Crippen molar-refractivity contribution in [2.45, 2.75) is 31.8 Å². The van der Waals surface area contributed by atoms with Crippen LogP contribution in [0.4, 0.5) is 0 Å². The van der Waals surface area contributed by atoms with Crippen LogP contribution >= 0.6 is 0 Å². The predicted octanol–water partition coefficient (Wildman–Crippen LogP) is -1.73. The van der Waals surface area contributed by atoms with Gasteiger partial charge in [0.1, 0.15) is 6.04 Å². The zero-order chi connectivity index (χ0) is 13.3. The maximum atomic E-state index is 12.1. The van der Waals surface area contributed by atoms with Crippen LogP contribution in [0.1, 0.15) is 19.8 Å². The molecule has 7 heteroatoms. The van der Waals surface area contributed by atoms with Crippen molar-refractivity contribution >= 4 is 17.7 Å². The Labute approximate surface area is 104 Å². The lowest BCUT2D eigenvalue weighted by molar-refractivity contribution is -0.140. The molecule has 2 heterocycles. The van der Waals surface area contributed by atoms with Crippen LogP contribution in [0, 0.1) is 5.41 Å². The van der Waals surface area contributed by atoms with Gasteiger partial charge in [0.2, 0.25) is 17.7 Å². The van der Waals surface area contributed by atoms with Crippen LogP contribution in [0.3, 0.4) is 0 Å². The molecular formula is C11H17N3O4. The van der Waals surface area contributed by atoms with Crippen molar-refractivity contribution in [1.29, 1.82) is 0 Å². The van der Waals surface area contributed by atoms with Gasteiger partial charge < -0.3 is 15.8 Å². The molecule has 0 aromatic rings. The van der Waals surface area contributed by atoms with Crippen molar-refractivity contribution in [3.8, 4) is 0 Å². The summed E-state index contributed by atoms with van der Waals surface area (Å²) < 4.78 is 5.19. The molecule has 2 saturated heterocycles. The minimum absolute atomic E-state index is 0.232. The van der Waals surface area contributed by atoms with Crippen molar-refractivity contribution in [3.63, 3.8) is 0 Å². The van der Waals surface area contributed by atoms with Crippen molar-refractivity contribution in [2.24, 2.45) is 11.1 Å². The van der Waals surface area contributed by atoms with Gasteiger partial charge in [0.15, 0.2) is 0 Å². The lowest BCUT2D eigenvalue weighted by Gasteiger charge is -2.29. The SMILES string of the molecule is CC1(C(=O)NC2CCC(=O)NC2=O)COCC1N. The zero-order valence-electron chi connectivity index (χ0n) is 10.2. The highest BCUT2D eigenvalue weighted by molar-refractivity contribution is 6.02. The lowest BCUT2D eigenvalue weighted by Crippen LogP contribution is -2.57. The van der Waals surface area contributed by atoms with Gasteiger partial charge in [-0.15, -0.1) is 0 Å². The van der Waals surface area contributed by atoms with E-state index < -0.39 is 17.4 Å². The first-order valence-corrected chi connectivity index (χ1v) is 5.91. The Morgan fingerprint density at radius 3 is 2.83 bits per heavy atom. The second kappa shape index (κ2) is 4.66. The van der Waals surface area contributed by atoms with Gasteiger partial charge in [0.25, 0.3) is 0 Å². The second-order valence-corrected chi connectivity index (χ2v) is 5.02. The Hall–Kier alpha value is -1.47. The first kappa shape index (κ1) is 13.0. The average molecular weight is 255 g/mol. The van der Waals surface area contributed by atoms with Gasteiger partial charge in [0, 0.05) is 12.5 Å². The Kier molecular flexibility index (Phi) is 3.36. The van der Waals surface area contributed by atoms with Crippen LogP contribution in [0.15, 0.2) is 0 Å². The van der Waals surface area contributed by atoms with Crippen LogP contribution in [-0.4, -0.2) is 43.0 Å². The highest BCUT2D eigenvalue weighted by Crippen LogP contribution is 2.27. The molecule has 2 rings (SSSR count). The third kappa shape index (κ3) is 2.23. The van der Waals surface area contributed by atoms with Crippen LogP contribution < -0.4 is 16.4 Å². The Morgan fingerprint density at radius 1 is 1.56 bits per heavy atom. The van der Waals surface area contributed by atoms with E-state index in [1.54, 1.807) is 6.92 Å². The fourth-order valence-corrected chi connectivity index (χ4v) is 2.08. The largest absolute Gasteiger partial charge is 0.379 e. The molecule has 7 nitrogen and oxygen atoms in total. The number of hydrogen-bond donors (Lipinski definition) is 3. The predicted molar refractivity (Wildman–Crippen MR) is 61.2 cm³/mol. The van der Waals surface area contributed by atoms with Crippen molar-refractivity contribution in [3.05, 3.63) is 0 Å². The topological polar surface area (TPSA) is 111 Å². The van der Waals surface area contributed by atoms with Crippen molar-refractivity contribution < 1.29 is 19.1 Å². The van der Waals surface area contributed by atoms with E-state index in [0.717, 1.165) is 0 Å². The maximum Gasteiger partial charge on any atom is 0.249 e. The summed E-state index contributed by atoms with van der Waals surface area (Å²) in [5.41, 5.74) is 5.02. The van der Waals surface area contributed by atoms with Gasteiger partial charge in [0.05, 0.1) is 18.6 Å². The van der Waals surface area contributed by atoms with E-state index in [1.807, 2.05) is 0 Å². The van der Waals surface area contributed by atoms with Gasteiger partial charge in [-0.05, 0) is 13.3 Å². The third-order valence-corrected chi connectivity index (χ3v) is 3.58. The number of hydrogen-bond acceptors (Lipinski definition) is 5. The molecular weight excluding hydrogens is 238 g/mol. The van der Waals surface area contributed by atoms with Crippen LogP contribution in [0.2, 0.25) is 0 Å². The van der Waals surface area contributed by atoms with E-state index in [-0.39, 0.29) is 30.9 Å². The second-order valence-electron chi connectivity index (χ2n) is 5.02. The quantitative estimate of drug-likeness (QED) is 0.508. The number of piperidine rings is 1. The smallest absolute Gasteiger partial charge is 0.249 e. The highest BCUT2D eigenvalue weighted by Gasteiger charge is 2.45. The van der Waals surface area contributed by atoms with Gasteiger partial charge in [-0.1, -0.05) is 0 Å². The molecule has 3 atom stereocenters. The number of rotatable bonds is 2. The fraction of sp³-hybridized carbons (Fsp3) is 0.727. The van der Waals surface area contributed by atoms with E-state index in [9.17, 15) is 14.4 Å². The van der Waals surface area contributed by atoms with E-state index in [1.165, 1.54) is 0 Å². The molecule has 0 saturated carbocycles. The van der Waals surface area contributed by atoms with Gasteiger partial charge in [-0.3, -0.25) is 19.7 Å². The summed E-state index contributed by atoms with van der Waals surface area (Å²) in [7, 11) is 0. The van der Waals surface area contributed by atoms with Gasteiger partial charge >= 0.3 is 0 Å². The van der Waals surface area contributed by atoms with E-state index in [4.69, 9.17) is 10.5 Å². The zero-order valence-corrected chi connectivity index (χ0v) is 10.2. The lowest BCUT2D eigenvalue weighted by atomic mass is 9.84. The minimum atomic E-state index is -0.818. The number of carbonyl (C=O) groups is 3. The monoisotopic (exact) mass is 255 g/mol. The Bertz CT molecular complexity index is 398. The molecule has 100 valence electrons. The minimum Gasteiger partial charge on any atom is -0.379 e. The summed E-state index contributed by atoms with van der Waals surface area (Å²) in [6, 6.07) is -1.05. The van der Waals surface area contributed by atoms with Gasteiger partial charge in [-0.25, -0.2) is 0 Å². The Morgan fingerprint density at radius 2 is 2.28 bits per heavy atom. The highest BCUT2D eigenvalue weighted by atomic mass is 16.5. The number of amides is 3. The number of nitrogens with two attached hydrogens (primary N) is 1. The molecule has 2 fully saturated rings. The fourth-order valence-electron chi connectivity index (χ4n) is 2.08. The van der Waals surface area contributed by atoms with E-state index in [2.05, 4.69) is 10.6 Å². The Balaban J connectivity index is 1.99. The third-order valence-electron chi connectivity index (χ3n) is 3.58. The molecule has 0 aromatic heterocycles. The van der Waals surface area contributed by atoms with Crippen LogP contribution in [-0.2, 0) is 19.1 Å². The summed E-state index contributed by atoms with van der Waals surface area (Å²) in [4.78, 5) is 34.7. The summed E-state index contributed by atoms with van der Waals surface area (Å²) >= 11 is 0. The number of carbonyl (C=O) groups excluding carboxylic acids is 3. The maximum absolute atomic E-state index is 12.1. The molecule has 0 aliphatic carbocycles. The van der Waals surface area contributed by atoms with Crippen molar-refractivity contribution in [2.75, 3.05) is 13.2 Å². The average Bonchev–Trinajstić information content (AvgIpc) is 2.64. The molecule has 3 unspecified atom stereocenters. The van der Waals surface area contributed by atoms with Crippen LogP contribution in [0.25, 0.3) is 0 Å². The molecule has 3 amide bonds.